The molecule has 0 fully saturated rings. The van der Waals surface area contributed by atoms with Crippen LogP contribution in [-0.4, -0.2) is 119 Å². The number of Topliss-reactive ketones (excluding diaryl/α,β-unsaturated/α-hetero) is 2. The van der Waals surface area contributed by atoms with Crippen molar-refractivity contribution in [1.29, 1.82) is 2.67 Å². The van der Waals surface area contributed by atoms with E-state index in [1.54, 1.807) is 66.1 Å². The second kappa shape index (κ2) is 46.5. The summed E-state index contributed by atoms with van der Waals surface area (Å²) in [5.41, 5.74) is 8.67. The van der Waals surface area contributed by atoms with E-state index in [9.17, 15) is 38.4 Å². The number of aryl methyl sites for hydroxylation is 2. The molecule has 0 aliphatic heterocycles. The first-order chi connectivity index (χ1) is 54.5. The molecule has 0 aliphatic rings. The number of fused-ring (bicyclic) bond motifs is 2. The summed E-state index contributed by atoms with van der Waals surface area (Å²) in [4.78, 5) is 109. The molecule has 0 spiro atoms. The van der Waals surface area contributed by atoms with Crippen LogP contribution in [0.2, 0.25) is 0 Å². The number of alkyl halides is 1. The Morgan fingerprint density at radius 1 is 0.509 bits per heavy atom. The number of aliphatic carboxylic acids is 1. The molecular formula is C90H103BClN6O15U. The average Bonchev–Trinajstić information content (AvgIpc) is 0.788. The molecule has 24 heteroatoms. The van der Waals surface area contributed by atoms with Gasteiger partial charge in [0.2, 0.25) is 5.91 Å². The Morgan fingerprint density at radius 3 is 1.34 bits per heavy atom. The van der Waals surface area contributed by atoms with Gasteiger partial charge >= 0.3 is 30.1 Å². The van der Waals surface area contributed by atoms with Crippen LogP contribution in [0.25, 0.3) is 43.8 Å². The molecule has 10 rings (SSSR count). The van der Waals surface area contributed by atoms with Crippen molar-refractivity contribution in [3.8, 4) is 33.8 Å². The second-order valence-electron chi connectivity index (χ2n) is 28.6. The number of carbonyl (C=O) groups excluding carboxylic acids is 7. The number of nitrogens with one attached hydrogen (secondary N) is 1. The van der Waals surface area contributed by atoms with E-state index in [4.69, 9.17) is 47.8 Å². The van der Waals surface area contributed by atoms with Crippen molar-refractivity contribution < 1.29 is 103 Å². The van der Waals surface area contributed by atoms with Crippen molar-refractivity contribution in [2.75, 3.05) is 43.7 Å². The Kier molecular flexibility index (Phi) is 36.9. The minimum Gasteiger partial charge on any atom is -0.488 e. The zero-order chi connectivity index (χ0) is 82.7. The zero-order valence-electron chi connectivity index (χ0n) is 68.5. The molecule has 10 aromatic rings. The van der Waals surface area contributed by atoms with Crippen molar-refractivity contribution in [3.63, 3.8) is 0 Å². The number of ether oxygens (including phenoxy) is 6. The van der Waals surface area contributed by atoms with E-state index in [2.05, 4.69) is 51.7 Å². The van der Waals surface area contributed by atoms with Gasteiger partial charge in [-0.25, -0.2) is 19.6 Å². The van der Waals surface area contributed by atoms with E-state index in [0.29, 0.717) is 46.0 Å². The molecule has 597 valence electrons. The van der Waals surface area contributed by atoms with Gasteiger partial charge in [0.15, 0.2) is 5.78 Å². The minimum atomic E-state index is -0.993. The van der Waals surface area contributed by atoms with E-state index in [-0.39, 0.29) is 125 Å². The van der Waals surface area contributed by atoms with Gasteiger partial charge in [0.1, 0.15) is 53.3 Å². The van der Waals surface area contributed by atoms with Crippen LogP contribution < -0.4 is 30.7 Å². The Hall–Kier alpha value is -10.7. The van der Waals surface area contributed by atoms with Gasteiger partial charge in [-0.1, -0.05) is 170 Å². The summed E-state index contributed by atoms with van der Waals surface area (Å²) in [5, 5.41) is 15.1. The number of esters is 2. The van der Waals surface area contributed by atoms with Crippen LogP contribution in [0, 0.1) is 45.0 Å². The second-order valence-corrected chi connectivity index (χ2v) is 29.2. The van der Waals surface area contributed by atoms with Gasteiger partial charge in [0.25, 0.3) is 0 Å². The van der Waals surface area contributed by atoms with Crippen LogP contribution in [0.1, 0.15) is 144 Å². The number of benzene rings is 8. The molecule has 8 aromatic carbocycles. The number of methoxy groups -OCH3 is 2. The van der Waals surface area contributed by atoms with E-state index in [1.807, 2.05) is 172 Å². The molecule has 114 heavy (non-hydrogen) atoms. The number of carbonyl (C=O) groups is 8. The zero-order valence-corrected chi connectivity index (χ0v) is 71.4. The number of hydrogen-bond donors (Lipinski definition) is 3. The van der Waals surface area contributed by atoms with Crippen molar-refractivity contribution in [1.82, 2.24) is 21.4 Å². The van der Waals surface area contributed by atoms with E-state index in [0.717, 1.165) is 88.7 Å². The number of hydrogen-bond acceptors (Lipinski definition) is 17. The SMILES string of the molecule is COC(=O)C[C@H](CC(=O)CNC(=O)CCCN(C(=O)OC(C)(C)C)c1cc(C)ccn1)c1ccc(-c2ccc(OCc3ccccc3)c3ccccc23)cc1.COC(=O)C[C@H](Cl)c1ccc(-c2ccc(OCc3ccccc3)c3ccccc23)cc1.Cc1ccnc(N(CCCC(=O)CCC(=O)O)C(=O)OC(C)(C)C)c1.N.[3H][B][3H].[U]. The molecule has 0 bridgehead atoms. The summed E-state index contributed by atoms with van der Waals surface area (Å²) in [5.74, 6) is -0.310. The molecule has 2 atom stereocenters. The van der Waals surface area contributed by atoms with Crippen molar-refractivity contribution in [2.24, 2.45) is 0 Å². The van der Waals surface area contributed by atoms with Gasteiger partial charge in [0, 0.05) is 99.0 Å². The van der Waals surface area contributed by atoms with Crippen LogP contribution in [-0.2, 0) is 60.9 Å². The number of aromatic nitrogens is 2. The quantitative estimate of drug-likeness (QED) is 0.0157. The summed E-state index contributed by atoms with van der Waals surface area (Å²) in [7, 11) is 3.19. The van der Waals surface area contributed by atoms with Crippen molar-refractivity contribution >= 4 is 101 Å². The van der Waals surface area contributed by atoms with E-state index in [1.165, 1.54) is 24.0 Å². The predicted molar refractivity (Wildman–Crippen MR) is 447 cm³/mol. The number of ketones is 2. The van der Waals surface area contributed by atoms with Crippen molar-refractivity contribution in [3.05, 3.63) is 252 Å². The number of halogens is 1. The fraction of sp³-hybridized carbons (Fsp3) is 0.311. The van der Waals surface area contributed by atoms with Gasteiger partial charge in [0.05, 0.1) is 53.7 Å². The van der Waals surface area contributed by atoms with Crippen LogP contribution >= 0.6 is 11.6 Å². The number of carboxylic acids is 1. The standard InChI is InChI=1S/C45H49N3O7.C27H23ClO3.C18H26N2O5.BH2.H3N.U/c1-31-23-24-46-41(26-31)48(44(52)55-45(2,3)4)25-11-16-42(50)47-29-36(49)27-35(28-43(51)53-5)33-17-19-34(20-18-33)37-21-22-40(39-15-10-9-14-38(37)39)54-30-32-12-7-6-8-13-32;1-30-27(29)17-25(28)21-13-11-20(12-14-21)22-15-16-26(24-10-6-5-9-23(22)24)31-18-19-7-3-2-4-8-19;1-13-9-10-19-15(12-13)20(17(24)25-18(2,3)4)11-5-6-14(21)7-8-16(22)23;;;/h6-10,12-15,17-24,26,35H,11,16,25,27-30H2,1-5H3,(H,47,50);2-16,25H,17-18H2,1H3;9-10,12H,5-8,11H2,1-4H3,(H,22,23);1H2;1H3;/t35-;25-;;;;/m00..../s1/i;;;1T2;;. The topological polar surface area (TPSA) is 291 Å². The number of pyridine rings is 2. The molecule has 0 saturated carbocycles. The number of nitrogens with zero attached hydrogens (tertiary/aromatic N) is 4. The van der Waals surface area contributed by atoms with Gasteiger partial charge < -0.3 is 45.0 Å². The molecule has 2 heterocycles. The molecule has 5 N–H and O–H groups in total. The largest absolute Gasteiger partial charge is 0.488 e. The number of amides is 3. The Balaban J connectivity index is 0.000000332. The van der Waals surface area contributed by atoms with Gasteiger partial charge in [-0.15, -0.1) is 11.6 Å². The monoisotopic (exact) mass is 1800 g/mol. The maximum atomic E-state index is 13.2. The predicted octanol–water partition coefficient (Wildman–Crippen LogP) is 18.3. The van der Waals surface area contributed by atoms with E-state index < -0.39 is 46.6 Å². The summed E-state index contributed by atoms with van der Waals surface area (Å²) in [6, 6.07) is 67.7. The molecule has 0 aliphatic carbocycles. The molecular weight excluding hydrogens is 1690 g/mol. The average molecular weight is 1800 g/mol. The summed E-state index contributed by atoms with van der Waals surface area (Å²) in [6.45, 7) is 15.8. The molecule has 21 nitrogen and oxygen atoms in total. The van der Waals surface area contributed by atoms with Crippen molar-refractivity contribution in [2.45, 2.75) is 149 Å². The number of carboxylic acid groups (broad SMARTS) is 1. The van der Waals surface area contributed by atoms with Gasteiger partial charge in [-0.05, 0) is 174 Å². The van der Waals surface area contributed by atoms with Gasteiger partial charge in [-0.2, -0.15) is 0 Å². The first-order valence-corrected chi connectivity index (χ1v) is 37.3. The smallest absolute Gasteiger partial charge is 0.416 e. The Labute approximate surface area is 701 Å². The van der Waals surface area contributed by atoms with Crippen LogP contribution in [0.4, 0.5) is 21.2 Å². The maximum absolute atomic E-state index is 13.2. The summed E-state index contributed by atoms with van der Waals surface area (Å²) in [6.07, 6.45) is 3.20. The molecule has 2 aromatic heterocycles. The van der Waals surface area contributed by atoms with Crippen LogP contribution in [0.15, 0.2) is 219 Å². The van der Waals surface area contributed by atoms with Crippen LogP contribution in [0.5, 0.6) is 11.5 Å². The van der Waals surface area contributed by atoms with Crippen LogP contribution in [0.3, 0.4) is 0 Å². The summed E-state index contributed by atoms with van der Waals surface area (Å²) < 4.78 is 44.5. The summed E-state index contributed by atoms with van der Waals surface area (Å²) >= 11 is 6.36. The number of rotatable bonds is 31. The molecule has 0 unspecified atom stereocenters. The third kappa shape index (κ3) is 30.3. The first-order valence-electron chi connectivity index (χ1n) is 38.0. The fourth-order valence-corrected chi connectivity index (χ4v) is 12.2. The molecule has 0 saturated heterocycles. The normalized spacial score (nSPS) is 11.4. The molecule has 1 radical (unpaired) electrons. The Morgan fingerprint density at radius 2 is 0.921 bits per heavy atom. The number of anilines is 2. The van der Waals surface area contributed by atoms with E-state index >= 15 is 0 Å². The molecule has 3 amide bonds. The third-order valence-electron chi connectivity index (χ3n) is 17.5. The third-order valence-corrected chi connectivity index (χ3v) is 17.9. The minimum absolute atomic E-state index is 0. The Bertz CT molecular complexity index is 4830. The maximum Gasteiger partial charge on any atom is 0.416 e. The van der Waals surface area contributed by atoms with Gasteiger partial charge in [-0.3, -0.25) is 38.6 Å². The first kappa shape index (κ1) is 90.5. The fourth-order valence-electron chi connectivity index (χ4n) is 11.9.